The summed E-state index contributed by atoms with van der Waals surface area (Å²) in [5.41, 5.74) is 1.44. The van der Waals surface area contributed by atoms with Gasteiger partial charge in [0, 0.05) is 31.5 Å². The number of amides is 1. The standard InChI is InChI=1S/C25H32ClNO6/c1-17-6-3-4-8-19(17)16-33-25(24(30)27-10-11-31-2)13-21(28)23(29)22(14-25)32-15-18-7-5-9-20(26)12-18/h3-9,12,21-23,28-29H,10-11,13-16H2,1-2H3,(H,27,30)/t21-,22?,23-,25+/m1/s1. The zero-order valence-corrected chi connectivity index (χ0v) is 19.8. The quantitative estimate of drug-likeness (QED) is 0.455. The SMILES string of the molecule is COCCNC(=O)[C@@]1(OCc2ccccc2C)CC(OCc2cccc(Cl)c2)[C@H](O)[C@H](O)C1. The lowest BCUT2D eigenvalue weighted by molar-refractivity contribution is -0.200. The van der Waals surface area contributed by atoms with E-state index in [1.54, 1.807) is 19.2 Å². The van der Waals surface area contributed by atoms with Gasteiger partial charge in [0.25, 0.3) is 5.91 Å². The Morgan fingerprint density at radius 3 is 2.67 bits per heavy atom. The van der Waals surface area contributed by atoms with Crippen molar-refractivity contribution in [2.24, 2.45) is 0 Å². The van der Waals surface area contributed by atoms with Crippen molar-refractivity contribution in [3.05, 3.63) is 70.2 Å². The van der Waals surface area contributed by atoms with Gasteiger partial charge in [0.15, 0.2) is 5.60 Å². The fourth-order valence-electron chi connectivity index (χ4n) is 4.01. The van der Waals surface area contributed by atoms with Gasteiger partial charge in [0.1, 0.15) is 6.10 Å². The van der Waals surface area contributed by atoms with Gasteiger partial charge in [-0.2, -0.15) is 0 Å². The predicted molar refractivity (Wildman–Crippen MR) is 125 cm³/mol. The van der Waals surface area contributed by atoms with Crippen LogP contribution in [0.1, 0.15) is 29.5 Å². The molecular weight excluding hydrogens is 446 g/mol. The number of carbonyl (C=O) groups is 1. The summed E-state index contributed by atoms with van der Waals surface area (Å²) in [5.74, 6) is -0.365. The Morgan fingerprint density at radius 2 is 1.94 bits per heavy atom. The average Bonchev–Trinajstić information content (AvgIpc) is 2.80. The average molecular weight is 478 g/mol. The second kappa shape index (κ2) is 11.9. The fraction of sp³-hybridized carbons (Fsp3) is 0.480. The molecule has 1 unspecified atom stereocenters. The molecule has 0 radical (unpaired) electrons. The zero-order valence-electron chi connectivity index (χ0n) is 19.0. The number of aryl methyl sites for hydroxylation is 1. The number of aliphatic hydroxyl groups is 2. The van der Waals surface area contributed by atoms with E-state index in [1.807, 2.05) is 43.3 Å². The summed E-state index contributed by atoms with van der Waals surface area (Å²) in [6.45, 7) is 2.99. The van der Waals surface area contributed by atoms with Gasteiger partial charge in [-0.05, 0) is 35.7 Å². The number of benzene rings is 2. The monoisotopic (exact) mass is 477 g/mol. The van der Waals surface area contributed by atoms with E-state index < -0.39 is 23.9 Å². The van der Waals surface area contributed by atoms with Crippen LogP contribution >= 0.6 is 11.6 Å². The molecule has 3 rings (SSSR count). The number of rotatable bonds is 10. The van der Waals surface area contributed by atoms with Gasteiger partial charge in [-0.15, -0.1) is 0 Å². The maximum absolute atomic E-state index is 13.3. The van der Waals surface area contributed by atoms with Gasteiger partial charge >= 0.3 is 0 Å². The van der Waals surface area contributed by atoms with Crippen LogP contribution in [0, 0.1) is 6.92 Å². The molecular formula is C25H32ClNO6. The lowest BCUT2D eigenvalue weighted by Crippen LogP contribution is -2.60. The van der Waals surface area contributed by atoms with Crippen LogP contribution < -0.4 is 5.32 Å². The molecule has 0 heterocycles. The number of ether oxygens (including phenoxy) is 3. The van der Waals surface area contributed by atoms with Crippen molar-refractivity contribution in [3.8, 4) is 0 Å². The van der Waals surface area contributed by atoms with E-state index in [9.17, 15) is 15.0 Å². The first-order valence-electron chi connectivity index (χ1n) is 11.0. The van der Waals surface area contributed by atoms with Gasteiger partial charge in [-0.25, -0.2) is 0 Å². The van der Waals surface area contributed by atoms with Crippen molar-refractivity contribution in [1.29, 1.82) is 0 Å². The molecule has 0 aromatic heterocycles. The maximum Gasteiger partial charge on any atom is 0.252 e. The molecule has 0 aliphatic heterocycles. The predicted octanol–water partition coefficient (Wildman–Crippen LogP) is 2.77. The van der Waals surface area contributed by atoms with E-state index >= 15 is 0 Å². The van der Waals surface area contributed by atoms with Crippen molar-refractivity contribution in [3.63, 3.8) is 0 Å². The molecule has 1 fully saturated rings. The molecule has 1 amide bonds. The number of hydrogen-bond acceptors (Lipinski definition) is 6. The number of hydrogen-bond donors (Lipinski definition) is 3. The van der Waals surface area contributed by atoms with Gasteiger partial charge < -0.3 is 29.7 Å². The van der Waals surface area contributed by atoms with E-state index in [0.29, 0.717) is 18.2 Å². The molecule has 1 saturated carbocycles. The fourth-order valence-corrected chi connectivity index (χ4v) is 4.22. The van der Waals surface area contributed by atoms with Gasteiger partial charge in [-0.3, -0.25) is 4.79 Å². The van der Waals surface area contributed by atoms with Crippen LogP contribution in [-0.2, 0) is 32.2 Å². The highest BCUT2D eigenvalue weighted by molar-refractivity contribution is 6.30. The minimum absolute atomic E-state index is 0.0457. The summed E-state index contributed by atoms with van der Waals surface area (Å²) in [7, 11) is 1.55. The molecule has 1 aliphatic rings. The largest absolute Gasteiger partial charge is 0.390 e. The Hall–Kier alpha value is -2.00. The van der Waals surface area contributed by atoms with Crippen LogP contribution in [0.5, 0.6) is 0 Å². The molecule has 180 valence electrons. The van der Waals surface area contributed by atoms with Crippen molar-refractivity contribution in [2.75, 3.05) is 20.3 Å². The third kappa shape index (κ3) is 6.76. The van der Waals surface area contributed by atoms with Crippen LogP contribution in [0.3, 0.4) is 0 Å². The summed E-state index contributed by atoms with van der Waals surface area (Å²) < 4.78 is 17.2. The van der Waals surface area contributed by atoms with Crippen molar-refractivity contribution in [2.45, 2.75) is 56.9 Å². The number of nitrogens with one attached hydrogen (secondary N) is 1. The molecule has 3 N–H and O–H groups in total. The minimum Gasteiger partial charge on any atom is -0.390 e. The number of carbonyl (C=O) groups excluding carboxylic acids is 1. The van der Waals surface area contributed by atoms with E-state index in [-0.39, 0.29) is 32.0 Å². The number of methoxy groups -OCH3 is 1. The Morgan fingerprint density at radius 1 is 1.15 bits per heavy atom. The van der Waals surface area contributed by atoms with Crippen molar-refractivity contribution >= 4 is 17.5 Å². The van der Waals surface area contributed by atoms with E-state index in [0.717, 1.165) is 16.7 Å². The minimum atomic E-state index is -1.37. The van der Waals surface area contributed by atoms with Crippen LogP contribution in [0.25, 0.3) is 0 Å². The van der Waals surface area contributed by atoms with Crippen LogP contribution in [0.15, 0.2) is 48.5 Å². The van der Waals surface area contributed by atoms with Crippen molar-refractivity contribution in [1.82, 2.24) is 5.32 Å². The normalized spacial score (nSPS) is 25.1. The molecule has 1 aliphatic carbocycles. The molecule has 4 atom stereocenters. The van der Waals surface area contributed by atoms with Crippen LogP contribution in [0.2, 0.25) is 5.02 Å². The summed E-state index contributed by atoms with van der Waals surface area (Å²) in [6, 6.07) is 15.0. The van der Waals surface area contributed by atoms with Crippen LogP contribution in [-0.4, -0.2) is 60.3 Å². The second-order valence-corrected chi connectivity index (χ2v) is 8.84. The Kier molecular flexibility index (Phi) is 9.26. The topological polar surface area (TPSA) is 97.3 Å². The van der Waals surface area contributed by atoms with E-state index in [4.69, 9.17) is 25.8 Å². The zero-order chi connectivity index (χ0) is 23.8. The summed E-state index contributed by atoms with van der Waals surface area (Å²) in [4.78, 5) is 13.3. The first-order chi connectivity index (χ1) is 15.8. The molecule has 7 nitrogen and oxygen atoms in total. The van der Waals surface area contributed by atoms with Gasteiger partial charge in [0.05, 0.1) is 32.0 Å². The first-order valence-corrected chi connectivity index (χ1v) is 11.4. The second-order valence-electron chi connectivity index (χ2n) is 8.40. The van der Waals surface area contributed by atoms with Gasteiger partial charge in [0.2, 0.25) is 0 Å². The summed E-state index contributed by atoms with van der Waals surface area (Å²) in [6.07, 6.45) is -3.09. The van der Waals surface area contributed by atoms with Crippen LogP contribution in [0.4, 0.5) is 0 Å². The maximum atomic E-state index is 13.3. The molecule has 0 spiro atoms. The third-order valence-electron chi connectivity index (χ3n) is 5.97. The highest BCUT2D eigenvalue weighted by Gasteiger charge is 2.51. The Balaban J connectivity index is 1.79. The molecule has 0 saturated heterocycles. The molecule has 2 aromatic carbocycles. The molecule has 33 heavy (non-hydrogen) atoms. The highest BCUT2D eigenvalue weighted by atomic mass is 35.5. The Bertz CT molecular complexity index is 925. The highest BCUT2D eigenvalue weighted by Crippen LogP contribution is 2.36. The number of halogens is 1. The molecule has 2 aromatic rings. The smallest absolute Gasteiger partial charge is 0.252 e. The summed E-state index contributed by atoms with van der Waals surface area (Å²) >= 11 is 6.05. The van der Waals surface area contributed by atoms with Gasteiger partial charge in [-0.1, -0.05) is 48.0 Å². The lowest BCUT2D eigenvalue weighted by atomic mass is 9.78. The Labute approximate surface area is 199 Å². The molecule has 8 heteroatoms. The lowest BCUT2D eigenvalue weighted by Gasteiger charge is -2.44. The first kappa shape index (κ1) is 25.6. The molecule has 0 bridgehead atoms. The van der Waals surface area contributed by atoms with E-state index in [2.05, 4.69) is 5.32 Å². The third-order valence-corrected chi connectivity index (χ3v) is 6.20. The summed E-state index contributed by atoms with van der Waals surface area (Å²) in [5, 5.41) is 24.7. The van der Waals surface area contributed by atoms with Crippen molar-refractivity contribution < 1.29 is 29.2 Å². The van der Waals surface area contributed by atoms with E-state index in [1.165, 1.54) is 0 Å². The number of aliphatic hydroxyl groups excluding tert-OH is 2.